The van der Waals surface area contributed by atoms with Gasteiger partial charge in [0.15, 0.2) is 0 Å². The lowest BCUT2D eigenvalue weighted by Crippen LogP contribution is -2.14. The predicted molar refractivity (Wildman–Crippen MR) is 93.0 cm³/mol. The van der Waals surface area contributed by atoms with Crippen LogP contribution in [-0.2, 0) is 15.8 Å². The summed E-state index contributed by atoms with van der Waals surface area (Å²) in [5.74, 6) is -0.414. The number of amides is 1. The van der Waals surface area contributed by atoms with Gasteiger partial charge < -0.3 is 5.32 Å². The minimum Gasteiger partial charge on any atom is -0.321 e. The van der Waals surface area contributed by atoms with Crippen molar-refractivity contribution in [2.75, 3.05) is 5.32 Å². The highest BCUT2D eigenvalue weighted by Gasteiger charge is 2.11. The Labute approximate surface area is 137 Å². The molecule has 0 saturated heterocycles. The number of carbonyl (C=O) groups excluding carboxylic acids is 1. The fraction of sp³-hybridized carbons (Fsp3) is 0.0625. The van der Waals surface area contributed by atoms with E-state index in [0.29, 0.717) is 16.1 Å². The van der Waals surface area contributed by atoms with E-state index >= 15 is 0 Å². The second-order valence-electron chi connectivity index (χ2n) is 5.11. The van der Waals surface area contributed by atoms with Crippen LogP contribution in [0.4, 0.5) is 5.69 Å². The molecule has 0 bridgehead atoms. The third-order valence-corrected chi connectivity index (χ3v) is 5.08. The molecule has 1 heterocycles. The lowest BCUT2D eigenvalue weighted by molar-refractivity contribution is 0.103. The normalized spacial score (nSPS) is 11.5. The van der Waals surface area contributed by atoms with Crippen LogP contribution < -0.4 is 10.5 Å². The van der Waals surface area contributed by atoms with Crippen LogP contribution in [0.2, 0.25) is 0 Å². The summed E-state index contributed by atoms with van der Waals surface area (Å²) in [7, 11) is -3.56. The van der Waals surface area contributed by atoms with Crippen molar-refractivity contribution in [2.45, 2.75) is 5.75 Å². The summed E-state index contributed by atoms with van der Waals surface area (Å²) in [6, 6.07) is 16.2. The fourth-order valence-corrected chi connectivity index (χ4v) is 3.82. The molecule has 0 atom stereocenters. The number of rotatable bonds is 4. The van der Waals surface area contributed by atoms with E-state index in [2.05, 4.69) is 5.32 Å². The van der Waals surface area contributed by atoms with Gasteiger partial charge in [-0.05, 0) is 35.2 Å². The minimum atomic E-state index is -3.56. The van der Waals surface area contributed by atoms with Gasteiger partial charge in [-0.2, -0.15) is 0 Å². The number of carbonyl (C=O) groups is 1. The predicted octanol–water partition coefficient (Wildman–Crippen LogP) is 2.94. The van der Waals surface area contributed by atoms with E-state index in [1.54, 1.807) is 24.3 Å². The van der Waals surface area contributed by atoms with Crippen molar-refractivity contribution in [3.63, 3.8) is 0 Å². The number of primary sulfonamides is 1. The van der Waals surface area contributed by atoms with Gasteiger partial charge in [0.2, 0.25) is 10.0 Å². The van der Waals surface area contributed by atoms with Gasteiger partial charge in [0.05, 0.1) is 10.6 Å². The molecule has 118 valence electrons. The summed E-state index contributed by atoms with van der Waals surface area (Å²) in [4.78, 5) is 12.9. The van der Waals surface area contributed by atoms with Crippen LogP contribution in [0.3, 0.4) is 0 Å². The Morgan fingerprint density at radius 1 is 1.09 bits per heavy atom. The first kappa shape index (κ1) is 15.7. The quantitative estimate of drug-likeness (QED) is 0.761. The standard InChI is InChI=1S/C16H14N2O3S2/c17-23(20,21)10-11-5-7-13(8-6-11)18-16(19)15-9-12-3-1-2-4-14(12)22-15/h1-9H,10H2,(H,18,19)(H2,17,20,21). The van der Waals surface area contributed by atoms with Crippen LogP contribution in [0.5, 0.6) is 0 Å². The van der Waals surface area contributed by atoms with Crippen LogP contribution in [-0.4, -0.2) is 14.3 Å². The fourth-order valence-electron chi connectivity index (χ4n) is 2.20. The molecular formula is C16H14N2O3S2. The average Bonchev–Trinajstić information content (AvgIpc) is 2.92. The van der Waals surface area contributed by atoms with Gasteiger partial charge in [-0.1, -0.05) is 30.3 Å². The molecule has 1 aromatic heterocycles. The van der Waals surface area contributed by atoms with Crippen molar-refractivity contribution in [1.29, 1.82) is 0 Å². The minimum absolute atomic E-state index is 0.189. The van der Waals surface area contributed by atoms with Crippen LogP contribution in [0.25, 0.3) is 10.1 Å². The molecule has 0 spiro atoms. The highest BCUT2D eigenvalue weighted by atomic mass is 32.2. The largest absolute Gasteiger partial charge is 0.321 e. The SMILES string of the molecule is NS(=O)(=O)Cc1ccc(NC(=O)c2cc3ccccc3s2)cc1. The van der Waals surface area contributed by atoms with Crippen molar-refractivity contribution in [1.82, 2.24) is 0 Å². The summed E-state index contributed by atoms with van der Waals surface area (Å²) < 4.78 is 23.1. The Balaban J connectivity index is 1.74. The van der Waals surface area contributed by atoms with E-state index in [1.807, 2.05) is 30.3 Å². The zero-order chi connectivity index (χ0) is 16.4. The second kappa shape index (κ2) is 6.11. The van der Waals surface area contributed by atoms with Crippen molar-refractivity contribution in [3.8, 4) is 0 Å². The maximum atomic E-state index is 12.3. The van der Waals surface area contributed by atoms with E-state index in [4.69, 9.17) is 5.14 Å². The number of thiophene rings is 1. The van der Waals surface area contributed by atoms with Crippen molar-refractivity contribution < 1.29 is 13.2 Å². The van der Waals surface area contributed by atoms with Gasteiger partial charge in [-0.25, -0.2) is 13.6 Å². The number of hydrogen-bond acceptors (Lipinski definition) is 4. The Morgan fingerprint density at radius 2 is 1.78 bits per heavy atom. The van der Waals surface area contributed by atoms with Gasteiger partial charge in [0, 0.05) is 10.4 Å². The lowest BCUT2D eigenvalue weighted by Gasteiger charge is -2.05. The van der Waals surface area contributed by atoms with E-state index in [-0.39, 0.29) is 11.7 Å². The highest BCUT2D eigenvalue weighted by molar-refractivity contribution is 7.88. The molecule has 3 aromatic rings. The Hall–Kier alpha value is -2.22. The molecule has 5 nitrogen and oxygen atoms in total. The lowest BCUT2D eigenvalue weighted by atomic mass is 10.2. The van der Waals surface area contributed by atoms with Gasteiger partial charge in [0.25, 0.3) is 5.91 Å². The Morgan fingerprint density at radius 3 is 2.43 bits per heavy atom. The summed E-state index contributed by atoms with van der Waals surface area (Å²) in [6.45, 7) is 0. The first-order chi connectivity index (χ1) is 10.9. The van der Waals surface area contributed by atoms with Gasteiger partial charge in [0.1, 0.15) is 0 Å². The monoisotopic (exact) mass is 346 g/mol. The maximum absolute atomic E-state index is 12.3. The van der Waals surface area contributed by atoms with Crippen LogP contribution in [0.1, 0.15) is 15.2 Å². The maximum Gasteiger partial charge on any atom is 0.265 e. The summed E-state index contributed by atoms with van der Waals surface area (Å²) in [5.41, 5.74) is 1.18. The summed E-state index contributed by atoms with van der Waals surface area (Å²) in [6.07, 6.45) is 0. The second-order valence-corrected chi connectivity index (χ2v) is 7.80. The van der Waals surface area contributed by atoms with Crippen LogP contribution >= 0.6 is 11.3 Å². The Bertz CT molecular complexity index is 927. The molecule has 1 amide bonds. The van der Waals surface area contributed by atoms with Crippen molar-refractivity contribution >= 4 is 43.0 Å². The zero-order valence-electron chi connectivity index (χ0n) is 12.0. The number of nitrogens with two attached hydrogens (primary N) is 1. The highest BCUT2D eigenvalue weighted by Crippen LogP contribution is 2.26. The smallest absolute Gasteiger partial charge is 0.265 e. The molecule has 23 heavy (non-hydrogen) atoms. The molecule has 3 N–H and O–H groups in total. The molecule has 2 aromatic carbocycles. The van der Waals surface area contributed by atoms with Crippen molar-refractivity contribution in [2.24, 2.45) is 5.14 Å². The molecule has 0 saturated carbocycles. The molecule has 0 fully saturated rings. The van der Waals surface area contributed by atoms with E-state index in [9.17, 15) is 13.2 Å². The summed E-state index contributed by atoms with van der Waals surface area (Å²) >= 11 is 1.43. The number of hydrogen-bond donors (Lipinski definition) is 2. The van der Waals surface area contributed by atoms with Crippen LogP contribution in [0.15, 0.2) is 54.6 Å². The first-order valence-corrected chi connectivity index (χ1v) is 9.33. The third kappa shape index (κ3) is 3.95. The van der Waals surface area contributed by atoms with Gasteiger partial charge in [-0.3, -0.25) is 4.79 Å². The molecule has 7 heteroatoms. The molecule has 0 aliphatic rings. The summed E-state index contributed by atoms with van der Waals surface area (Å²) in [5, 5.41) is 8.84. The third-order valence-electron chi connectivity index (χ3n) is 3.23. The molecular weight excluding hydrogens is 332 g/mol. The first-order valence-electron chi connectivity index (χ1n) is 6.80. The van der Waals surface area contributed by atoms with Crippen LogP contribution in [0, 0.1) is 0 Å². The topological polar surface area (TPSA) is 89.3 Å². The Kier molecular flexibility index (Phi) is 4.16. The van der Waals surface area contributed by atoms with E-state index < -0.39 is 10.0 Å². The van der Waals surface area contributed by atoms with Gasteiger partial charge in [-0.15, -0.1) is 11.3 Å². The molecule has 0 aliphatic carbocycles. The number of sulfonamides is 1. The molecule has 0 radical (unpaired) electrons. The number of benzene rings is 2. The van der Waals surface area contributed by atoms with Crippen molar-refractivity contribution in [3.05, 3.63) is 65.0 Å². The van der Waals surface area contributed by atoms with E-state index in [1.165, 1.54) is 11.3 Å². The molecule has 3 rings (SSSR count). The number of nitrogens with one attached hydrogen (secondary N) is 1. The molecule has 0 aliphatic heterocycles. The number of anilines is 1. The number of fused-ring (bicyclic) bond motifs is 1. The van der Waals surface area contributed by atoms with E-state index in [0.717, 1.165) is 10.1 Å². The zero-order valence-corrected chi connectivity index (χ0v) is 13.7. The molecule has 0 unspecified atom stereocenters. The van der Waals surface area contributed by atoms with Gasteiger partial charge >= 0.3 is 0 Å². The average molecular weight is 346 g/mol.